The summed E-state index contributed by atoms with van der Waals surface area (Å²) in [7, 11) is 0. The predicted molar refractivity (Wildman–Crippen MR) is 40.8 cm³/mol. The first-order chi connectivity index (χ1) is 6.43. The highest BCUT2D eigenvalue weighted by molar-refractivity contribution is 6.29. The molecule has 0 aromatic carbocycles. The van der Waals surface area contributed by atoms with Crippen molar-refractivity contribution in [2.45, 2.75) is 6.43 Å². The van der Waals surface area contributed by atoms with Crippen molar-refractivity contribution in [2.75, 3.05) is 0 Å². The van der Waals surface area contributed by atoms with Crippen LogP contribution in [0, 0.1) is 16.1 Å². The monoisotopic (exact) mass is 226 g/mol. The minimum Gasteiger partial charge on any atom is -0.258 e. The molecule has 0 saturated heterocycles. The molecule has 0 saturated carbocycles. The zero-order valence-electron chi connectivity index (χ0n) is 6.38. The number of nitrogens with zero attached hydrogens (tertiary/aromatic N) is 2. The van der Waals surface area contributed by atoms with Crippen molar-refractivity contribution in [1.29, 1.82) is 0 Å². The van der Waals surface area contributed by atoms with E-state index in [4.69, 9.17) is 11.6 Å². The molecule has 0 spiro atoms. The van der Waals surface area contributed by atoms with Crippen LogP contribution in [0.2, 0.25) is 5.15 Å². The summed E-state index contributed by atoms with van der Waals surface area (Å²) in [5, 5.41) is 9.71. The summed E-state index contributed by atoms with van der Waals surface area (Å²) in [4.78, 5) is 12.0. The summed E-state index contributed by atoms with van der Waals surface area (Å²) in [5.74, 6) is -1.63. The normalized spacial score (nSPS) is 10.6. The molecule has 0 aliphatic rings. The number of rotatable bonds is 2. The maximum atomic E-state index is 12.7. The fourth-order valence-corrected chi connectivity index (χ4v) is 1.01. The first kappa shape index (κ1) is 10.7. The van der Waals surface area contributed by atoms with Crippen molar-refractivity contribution in [3.8, 4) is 0 Å². The van der Waals surface area contributed by atoms with Gasteiger partial charge in [0.2, 0.25) is 5.95 Å². The van der Waals surface area contributed by atoms with Gasteiger partial charge in [-0.15, -0.1) is 0 Å². The Morgan fingerprint density at radius 1 is 1.57 bits per heavy atom. The maximum absolute atomic E-state index is 12.7. The van der Waals surface area contributed by atoms with Crippen molar-refractivity contribution in [1.82, 2.24) is 4.98 Å². The summed E-state index contributed by atoms with van der Waals surface area (Å²) in [6.07, 6.45) is -3.31. The fourth-order valence-electron chi connectivity index (χ4n) is 0.835. The highest BCUT2D eigenvalue weighted by Gasteiger charge is 2.28. The maximum Gasteiger partial charge on any atom is 0.286 e. The minimum atomic E-state index is -3.31. The second kappa shape index (κ2) is 3.79. The largest absolute Gasteiger partial charge is 0.286 e. The Bertz CT molecular complexity index is 386. The number of nitro groups is 1. The molecular formula is C6H2ClF3N2O2. The standard InChI is InChI=1S/C6H2ClF3N2O2/c7-3-1-2(12(13)14)4(5(8)9)6(10)11-3/h1,5H. The summed E-state index contributed by atoms with van der Waals surface area (Å²) < 4.78 is 37.0. The van der Waals surface area contributed by atoms with Crippen molar-refractivity contribution in [3.05, 3.63) is 32.8 Å². The van der Waals surface area contributed by atoms with Crippen LogP contribution in [0.3, 0.4) is 0 Å². The molecule has 76 valence electrons. The molecule has 0 atom stereocenters. The van der Waals surface area contributed by atoms with Crippen LogP contribution in [0.15, 0.2) is 6.07 Å². The van der Waals surface area contributed by atoms with Crippen molar-refractivity contribution in [3.63, 3.8) is 0 Å². The molecule has 0 radical (unpaired) electrons. The molecule has 14 heavy (non-hydrogen) atoms. The molecule has 0 aliphatic carbocycles. The van der Waals surface area contributed by atoms with Crippen LogP contribution in [-0.2, 0) is 0 Å². The Morgan fingerprint density at radius 3 is 2.57 bits per heavy atom. The van der Waals surface area contributed by atoms with E-state index < -0.39 is 33.7 Å². The molecule has 1 rings (SSSR count). The Hall–Kier alpha value is -1.37. The van der Waals surface area contributed by atoms with Crippen molar-refractivity contribution in [2.24, 2.45) is 0 Å². The lowest BCUT2D eigenvalue weighted by Gasteiger charge is -2.02. The van der Waals surface area contributed by atoms with Crippen molar-refractivity contribution >= 4 is 17.3 Å². The second-order valence-electron chi connectivity index (χ2n) is 2.23. The van der Waals surface area contributed by atoms with Gasteiger partial charge in [-0.2, -0.15) is 4.39 Å². The van der Waals surface area contributed by atoms with Gasteiger partial charge >= 0.3 is 0 Å². The number of hydrogen-bond acceptors (Lipinski definition) is 3. The van der Waals surface area contributed by atoms with Crippen molar-refractivity contribution < 1.29 is 18.1 Å². The Labute approximate surface area is 80.5 Å². The van der Waals surface area contributed by atoms with E-state index in [0.717, 1.165) is 0 Å². The van der Waals surface area contributed by atoms with Gasteiger partial charge in [0.25, 0.3) is 12.1 Å². The van der Waals surface area contributed by atoms with E-state index in [2.05, 4.69) is 4.98 Å². The summed E-state index contributed by atoms with van der Waals surface area (Å²) in [6, 6.07) is 0.576. The quantitative estimate of drug-likeness (QED) is 0.443. The molecule has 8 heteroatoms. The third-order valence-corrected chi connectivity index (χ3v) is 1.57. The molecule has 1 heterocycles. The molecule has 4 nitrogen and oxygen atoms in total. The molecule has 0 aliphatic heterocycles. The van der Waals surface area contributed by atoms with Crippen LogP contribution in [0.1, 0.15) is 12.0 Å². The van der Waals surface area contributed by atoms with Crippen LogP contribution >= 0.6 is 11.6 Å². The Balaban J connectivity index is 3.44. The average Bonchev–Trinajstić information content (AvgIpc) is 2.01. The Morgan fingerprint density at radius 2 is 2.14 bits per heavy atom. The lowest BCUT2D eigenvalue weighted by molar-refractivity contribution is -0.386. The smallest absolute Gasteiger partial charge is 0.258 e. The number of aromatic nitrogens is 1. The van der Waals surface area contributed by atoms with E-state index in [9.17, 15) is 23.3 Å². The van der Waals surface area contributed by atoms with E-state index in [-0.39, 0.29) is 0 Å². The van der Waals surface area contributed by atoms with Crippen LogP contribution in [-0.4, -0.2) is 9.91 Å². The number of pyridine rings is 1. The summed E-state index contributed by atoms with van der Waals surface area (Å²) in [5.41, 5.74) is -2.42. The second-order valence-corrected chi connectivity index (χ2v) is 2.61. The topological polar surface area (TPSA) is 56.0 Å². The van der Waals surface area contributed by atoms with E-state index in [1.54, 1.807) is 0 Å². The van der Waals surface area contributed by atoms with E-state index in [1.807, 2.05) is 0 Å². The highest BCUT2D eigenvalue weighted by Crippen LogP contribution is 2.31. The first-order valence-corrected chi connectivity index (χ1v) is 3.59. The molecule has 0 unspecified atom stereocenters. The van der Waals surface area contributed by atoms with Gasteiger partial charge in [0.05, 0.1) is 11.0 Å². The highest BCUT2D eigenvalue weighted by atomic mass is 35.5. The lowest BCUT2D eigenvalue weighted by atomic mass is 10.2. The van der Waals surface area contributed by atoms with Gasteiger partial charge in [-0.1, -0.05) is 11.6 Å². The fraction of sp³-hybridized carbons (Fsp3) is 0.167. The molecule has 1 aromatic rings. The van der Waals surface area contributed by atoms with Crippen LogP contribution < -0.4 is 0 Å². The number of alkyl halides is 2. The van der Waals surface area contributed by atoms with E-state index in [0.29, 0.717) is 6.07 Å². The van der Waals surface area contributed by atoms with Crippen LogP contribution in [0.5, 0.6) is 0 Å². The first-order valence-electron chi connectivity index (χ1n) is 3.22. The van der Waals surface area contributed by atoms with Crippen LogP contribution in [0.25, 0.3) is 0 Å². The van der Waals surface area contributed by atoms with Gasteiger partial charge in [0, 0.05) is 0 Å². The third kappa shape index (κ3) is 1.92. The van der Waals surface area contributed by atoms with Gasteiger partial charge in [0.1, 0.15) is 5.15 Å². The number of hydrogen-bond donors (Lipinski definition) is 0. The SMILES string of the molecule is O=[N+]([O-])c1cc(Cl)nc(F)c1C(F)F. The van der Waals surface area contributed by atoms with Gasteiger partial charge in [0.15, 0.2) is 5.56 Å². The van der Waals surface area contributed by atoms with Gasteiger partial charge in [-0.3, -0.25) is 10.1 Å². The summed E-state index contributed by atoms with van der Waals surface area (Å²) >= 11 is 5.17. The summed E-state index contributed by atoms with van der Waals surface area (Å²) in [6.45, 7) is 0. The zero-order valence-corrected chi connectivity index (χ0v) is 7.13. The molecular weight excluding hydrogens is 225 g/mol. The molecule has 0 amide bonds. The predicted octanol–water partition coefficient (Wildman–Crippen LogP) is 2.72. The molecule has 0 bridgehead atoms. The average molecular weight is 227 g/mol. The zero-order chi connectivity index (χ0) is 10.9. The van der Waals surface area contributed by atoms with Gasteiger partial charge in [-0.05, 0) is 0 Å². The minimum absolute atomic E-state index is 0.543. The third-order valence-electron chi connectivity index (χ3n) is 1.37. The van der Waals surface area contributed by atoms with Gasteiger partial charge < -0.3 is 0 Å². The van der Waals surface area contributed by atoms with E-state index >= 15 is 0 Å². The van der Waals surface area contributed by atoms with E-state index in [1.165, 1.54) is 0 Å². The molecule has 0 N–H and O–H groups in total. The lowest BCUT2D eigenvalue weighted by Crippen LogP contribution is -2.02. The molecule has 1 aromatic heterocycles. The van der Waals surface area contributed by atoms with Crippen LogP contribution in [0.4, 0.5) is 18.9 Å². The number of halogens is 4. The van der Waals surface area contributed by atoms with Gasteiger partial charge in [-0.25, -0.2) is 13.8 Å². The molecule has 0 fully saturated rings. The Kier molecular flexibility index (Phi) is 2.90.